The third-order valence-electron chi connectivity index (χ3n) is 1.14. The monoisotopic (exact) mass is 270 g/mol. The van der Waals surface area contributed by atoms with Gasteiger partial charge in [-0.1, -0.05) is 6.92 Å². The van der Waals surface area contributed by atoms with Crippen molar-refractivity contribution in [2.75, 3.05) is 13.2 Å². The van der Waals surface area contributed by atoms with Gasteiger partial charge in [-0.15, -0.1) is 12.9 Å². The summed E-state index contributed by atoms with van der Waals surface area (Å²) in [7, 11) is -13.4. The van der Waals surface area contributed by atoms with E-state index in [1.54, 1.807) is 0 Å². The zero-order chi connectivity index (χ0) is 11.0. The molecule has 0 bridgehead atoms. The first-order valence-corrected chi connectivity index (χ1v) is 8.70. The Balaban J connectivity index is 3.33. The highest BCUT2D eigenvalue weighted by Gasteiger charge is 2.35. The molecule has 1 heterocycles. The molecule has 1 N–H and O–H groups in total. The topological polar surface area (TPSA) is 49.1 Å². The van der Waals surface area contributed by atoms with Crippen LogP contribution in [0, 0.1) is 0 Å². The number of nitrogens with zero attached hydrogens (tertiary/aromatic N) is 3. The molecule has 2 unspecified atom stereocenters. The van der Waals surface area contributed by atoms with Crippen molar-refractivity contribution in [1.29, 1.82) is 0 Å². The number of hydrogen-bond acceptors (Lipinski definition) is 4. The fourth-order valence-electron chi connectivity index (χ4n) is 0.873. The largest absolute Gasteiger partial charge is 0.422 e. The predicted molar refractivity (Wildman–Crippen MR) is 52.1 cm³/mol. The zero-order valence-corrected chi connectivity index (χ0v) is 10.1. The fourth-order valence-corrected chi connectivity index (χ4v) is 7.62. The Morgan fingerprint density at radius 3 is 2.07 bits per heavy atom. The van der Waals surface area contributed by atoms with Gasteiger partial charge in [-0.3, -0.25) is 0 Å². The van der Waals surface area contributed by atoms with Crippen molar-refractivity contribution in [3.05, 3.63) is 0 Å². The standard InChI is InChI=1S/C3H9F4N4P3/c1-3-8-14(7)10-12(2,4)9-13(5,6)11-14/h8H,3H2,1-2H3. The predicted octanol–water partition coefficient (Wildman–Crippen LogP) is 5.04. The van der Waals surface area contributed by atoms with Crippen LogP contribution < -0.4 is 5.09 Å². The van der Waals surface area contributed by atoms with E-state index in [2.05, 4.69) is 18.6 Å². The number of hydrogen-bond donors (Lipinski definition) is 1. The van der Waals surface area contributed by atoms with Gasteiger partial charge in [0.2, 0.25) is 7.52 Å². The molecule has 1 rings (SSSR count). The van der Waals surface area contributed by atoms with Crippen molar-refractivity contribution in [3.8, 4) is 0 Å². The van der Waals surface area contributed by atoms with E-state index >= 15 is 0 Å². The summed E-state index contributed by atoms with van der Waals surface area (Å²) in [6.45, 7) is 2.36. The second-order valence-electron chi connectivity index (χ2n) is 2.57. The van der Waals surface area contributed by atoms with Crippen molar-refractivity contribution in [2.24, 2.45) is 13.5 Å². The molecular weight excluding hydrogens is 261 g/mol. The van der Waals surface area contributed by atoms with Gasteiger partial charge in [-0.05, 0) is 0 Å². The molecule has 2 atom stereocenters. The van der Waals surface area contributed by atoms with Crippen LogP contribution in [0.25, 0.3) is 0 Å². The molecule has 1 aliphatic rings. The van der Waals surface area contributed by atoms with E-state index in [1.807, 2.05) is 0 Å². The number of rotatable bonds is 2. The van der Waals surface area contributed by atoms with Gasteiger partial charge in [-0.2, -0.15) is 17.4 Å². The normalized spacial score (nSPS) is 40.7. The van der Waals surface area contributed by atoms with E-state index in [-0.39, 0.29) is 6.54 Å². The van der Waals surface area contributed by atoms with E-state index in [0.717, 1.165) is 6.66 Å². The first-order chi connectivity index (χ1) is 6.18. The van der Waals surface area contributed by atoms with Crippen LogP contribution in [-0.4, -0.2) is 13.2 Å². The molecule has 14 heavy (non-hydrogen) atoms. The molecule has 0 saturated carbocycles. The van der Waals surface area contributed by atoms with Gasteiger partial charge in [0.05, 0.1) is 0 Å². The summed E-state index contributed by atoms with van der Waals surface area (Å²) in [5, 5.41) is 2.06. The van der Waals surface area contributed by atoms with Gasteiger partial charge >= 0.3 is 15.5 Å². The zero-order valence-electron chi connectivity index (χ0n) is 7.40. The van der Waals surface area contributed by atoms with Crippen LogP contribution in [0.4, 0.5) is 16.8 Å². The van der Waals surface area contributed by atoms with Crippen LogP contribution in [0.1, 0.15) is 6.92 Å². The number of halogens is 4. The summed E-state index contributed by atoms with van der Waals surface area (Å²) in [6.07, 6.45) is 0. The SMILES string of the molecule is CCNP1(F)=NP(C)(F)=NP(F)(F)=N1. The second kappa shape index (κ2) is 3.75. The summed E-state index contributed by atoms with van der Waals surface area (Å²) < 4.78 is 60.4. The number of nitrogens with one attached hydrogen (secondary N) is 1. The summed E-state index contributed by atoms with van der Waals surface area (Å²) in [4.78, 5) is 0. The Morgan fingerprint density at radius 2 is 1.64 bits per heavy atom. The van der Waals surface area contributed by atoms with Crippen LogP contribution in [-0.2, 0) is 0 Å². The van der Waals surface area contributed by atoms with Crippen LogP contribution in [0.2, 0.25) is 0 Å². The molecule has 4 nitrogen and oxygen atoms in total. The minimum atomic E-state index is -5.17. The van der Waals surface area contributed by atoms with Crippen LogP contribution in [0.5, 0.6) is 0 Å². The Bertz CT molecular complexity index is 383. The fraction of sp³-hybridized carbons (Fsp3) is 1.00. The van der Waals surface area contributed by atoms with Crippen molar-refractivity contribution < 1.29 is 16.8 Å². The molecule has 1 aliphatic heterocycles. The Labute approximate surface area is 79.4 Å². The van der Waals surface area contributed by atoms with Crippen molar-refractivity contribution in [1.82, 2.24) is 5.09 Å². The van der Waals surface area contributed by atoms with Gasteiger partial charge < -0.3 is 0 Å². The molecular formula is C3H9F4N4P3. The lowest BCUT2D eigenvalue weighted by atomic mass is 10.8. The minimum absolute atomic E-state index is 0.0667. The molecule has 0 radical (unpaired) electrons. The van der Waals surface area contributed by atoms with Gasteiger partial charge in [0.15, 0.2) is 0 Å². The highest BCUT2D eigenvalue weighted by molar-refractivity contribution is 7.80. The van der Waals surface area contributed by atoms with E-state index in [0.29, 0.717) is 0 Å². The Kier molecular flexibility index (Phi) is 3.33. The molecule has 11 heteroatoms. The molecule has 0 amide bonds. The summed E-state index contributed by atoms with van der Waals surface area (Å²) >= 11 is 0. The van der Waals surface area contributed by atoms with E-state index < -0.39 is 23.0 Å². The minimum Gasteiger partial charge on any atom is -0.240 e. The highest BCUT2D eigenvalue weighted by atomic mass is 31.3. The van der Waals surface area contributed by atoms with E-state index in [9.17, 15) is 16.8 Å². The summed E-state index contributed by atoms with van der Waals surface area (Å²) in [5.41, 5.74) is 0. The summed E-state index contributed by atoms with van der Waals surface area (Å²) in [6, 6.07) is 0. The molecule has 0 aromatic heterocycles. The average Bonchev–Trinajstić information content (AvgIpc) is 1.75. The van der Waals surface area contributed by atoms with Gasteiger partial charge in [0, 0.05) is 13.2 Å². The second-order valence-corrected chi connectivity index (χ2v) is 8.61. The lowest BCUT2D eigenvalue weighted by molar-refractivity contribution is 0.718. The maximum Gasteiger partial charge on any atom is 0.422 e. The molecule has 0 spiro atoms. The smallest absolute Gasteiger partial charge is 0.240 e. The Morgan fingerprint density at radius 1 is 1.07 bits per heavy atom. The Hall–Kier alpha value is 0.370. The van der Waals surface area contributed by atoms with Crippen molar-refractivity contribution in [2.45, 2.75) is 6.92 Å². The quantitative estimate of drug-likeness (QED) is 0.554. The van der Waals surface area contributed by atoms with Gasteiger partial charge in [-0.25, -0.2) is 5.09 Å². The average molecular weight is 270 g/mol. The van der Waals surface area contributed by atoms with Crippen LogP contribution in [0.3, 0.4) is 0 Å². The van der Waals surface area contributed by atoms with Crippen molar-refractivity contribution >= 4 is 23.0 Å². The first kappa shape index (κ1) is 12.4. The molecule has 84 valence electrons. The maximum atomic E-state index is 13.5. The third kappa shape index (κ3) is 3.20. The maximum absolute atomic E-state index is 13.5. The first-order valence-electron chi connectivity index (χ1n) is 3.61. The van der Waals surface area contributed by atoms with Crippen LogP contribution >= 0.6 is 23.0 Å². The summed E-state index contributed by atoms with van der Waals surface area (Å²) in [5.74, 6) is 0. The highest BCUT2D eigenvalue weighted by Crippen LogP contribution is 2.78. The molecule has 0 fully saturated rings. The van der Waals surface area contributed by atoms with Crippen molar-refractivity contribution in [3.63, 3.8) is 0 Å². The molecule has 0 aliphatic carbocycles. The molecule has 0 aromatic carbocycles. The lowest BCUT2D eigenvalue weighted by Gasteiger charge is -2.18. The van der Waals surface area contributed by atoms with E-state index in [1.165, 1.54) is 6.92 Å². The van der Waals surface area contributed by atoms with Gasteiger partial charge in [0.25, 0.3) is 0 Å². The molecule has 0 saturated heterocycles. The molecule has 0 aromatic rings. The third-order valence-corrected chi connectivity index (χ3v) is 8.09. The lowest BCUT2D eigenvalue weighted by Crippen LogP contribution is -2.04. The van der Waals surface area contributed by atoms with E-state index in [4.69, 9.17) is 0 Å². The van der Waals surface area contributed by atoms with Crippen LogP contribution in [0.15, 0.2) is 13.5 Å². The van der Waals surface area contributed by atoms with Gasteiger partial charge in [0.1, 0.15) is 0 Å².